The van der Waals surface area contributed by atoms with Crippen molar-refractivity contribution in [3.05, 3.63) is 15.6 Å². The van der Waals surface area contributed by atoms with Gasteiger partial charge in [0.1, 0.15) is 4.88 Å². The molecule has 0 fully saturated rings. The van der Waals surface area contributed by atoms with Crippen LogP contribution in [-0.4, -0.2) is 35.4 Å². The second-order valence-corrected chi connectivity index (χ2v) is 6.27. The Morgan fingerprint density at radius 1 is 1.35 bits per heavy atom. The van der Waals surface area contributed by atoms with Crippen LogP contribution in [0, 0.1) is 19.8 Å². The maximum absolute atomic E-state index is 12.2. The number of hydrogen-bond donors (Lipinski definition) is 1. The monoisotopic (exact) mass is 341 g/mol. The van der Waals surface area contributed by atoms with Crippen molar-refractivity contribution in [3.63, 3.8) is 0 Å². The highest BCUT2D eigenvalue weighted by Crippen LogP contribution is 2.19. The molecule has 0 bridgehead atoms. The highest BCUT2D eigenvalue weighted by Gasteiger charge is 2.18. The molecule has 1 aromatic heterocycles. The van der Waals surface area contributed by atoms with Crippen molar-refractivity contribution >= 4 is 42.1 Å². The number of carbonyl (C=O) groups excluding carboxylic acids is 1. The van der Waals surface area contributed by atoms with Gasteiger partial charge in [-0.25, -0.2) is 4.98 Å². The van der Waals surface area contributed by atoms with E-state index in [2.05, 4.69) is 18.8 Å². The lowest BCUT2D eigenvalue weighted by molar-refractivity contribution is 0.0793. The van der Waals surface area contributed by atoms with Crippen LogP contribution in [0.5, 0.6) is 0 Å². The summed E-state index contributed by atoms with van der Waals surface area (Å²) < 4.78 is 0. The molecule has 4 nitrogen and oxygen atoms in total. The molecule has 0 aliphatic heterocycles. The van der Waals surface area contributed by atoms with Gasteiger partial charge < -0.3 is 10.6 Å². The molecule has 0 radical (unpaired) electrons. The van der Waals surface area contributed by atoms with Gasteiger partial charge in [0.15, 0.2) is 0 Å². The molecule has 1 aromatic rings. The van der Waals surface area contributed by atoms with Crippen LogP contribution < -0.4 is 5.73 Å². The predicted molar refractivity (Wildman–Crippen MR) is 90.5 cm³/mol. The lowest BCUT2D eigenvalue weighted by Gasteiger charge is -2.21. The molecule has 1 rings (SSSR count). The molecule has 20 heavy (non-hydrogen) atoms. The molecular weight excluding hydrogens is 317 g/mol. The summed E-state index contributed by atoms with van der Waals surface area (Å²) in [5.41, 5.74) is 6.81. The van der Waals surface area contributed by atoms with Gasteiger partial charge in [0.05, 0.1) is 10.7 Å². The Hall–Kier alpha value is -0.360. The lowest BCUT2D eigenvalue weighted by Crippen LogP contribution is -2.34. The maximum atomic E-state index is 12.2. The van der Waals surface area contributed by atoms with Crippen LogP contribution in [0.4, 0.5) is 0 Å². The Labute approximate surface area is 138 Å². The summed E-state index contributed by atoms with van der Waals surface area (Å²) >= 11 is 1.46. The minimum absolute atomic E-state index is 0. The summed E-state index contributed by atoms with van der Waals surface area (Å²) in [5, 5.41) is 0.933. The van der Waals surface area contributed by atoms with E-state index in [1.54, 1.807) is 4.90 Å². The Kier molecular flexibility index (Phi) is 10.5. The Morgan fingerprint density at radius 2 is 1.90 bits per heavy atom. The highest BCUT2D eigenvalue weighted by molar-refractivity contribution is 7.13. The second kappa shape index (κ2) is 9.55. The molecule has 7 heteroatoms. The van der Waals surface area contributed by atoms with Crippen LogP contribution in [-0.2, 0) is 0 Å². The van der Waals surface area contributed by atoms with Crippen LogP contribution in [0.3, 0.4) is 0 Å². The second-order valence-electron chi connectivity index (χ2n) is 5.07. The third kappa shape index (κ3) is 5.95. The number of carbonyl (C=O) groups is 1. The molecule has 0 saturated carbocycles. The zero-order valence-electron chi connectivity index (χ0n) is 12.7. The van der Waals surface area contributed by atoms with Gasteiger partial charge in [0.25, 0.3) is 5.91 Å². The number of aromatic nitrogens is 1. The summed E-state index contributed by atoms with van der Waals surface area (Å²) in [5.74, 6) is 0.495. The van der Waals surface area contributed by atoms with E-state index in [1.165, 1.54) is 11.3 Å². The summed E-state index contributed by atoms with van der Waals surface area (Å²) in [4.78, 5) is 19.0. The fourth-order valence-corrected chi connectivity index (χ4v) is 2.60. The van der Waals surface area contributed by atoms with Gasteiger partial charge in [-0.2, -0.15) is 0 Å². The first-order valence-electron chi connectivity index (χ1n) is 6.28. The number of amides is 1. The average molecular weight is 342 g/mol. The van der Waals surface area contributed by atoms with E-state index < -0.39 is 0 Å². The smallest absolute Gasteiger partial charge is 0.265 e. The van der Waals surface area contributed by atoms with E-state index in [-0.39, 0.29) is 36.8 Å². The molecule has 1 atom stereocenters. The number of thiazole rings is 1. The van der Waals surface area contributed by atoms with Crippen molar-refractivity contribution in [1.29, 1.82) is 0 Å². The van der Waals surface area contributed by atoms with Gasteiger partial charge in [-0.05, 0) is 26.2 Å². The van der Waals surface area contributed by atoms with Gasteiger partial charge in [0.2, 0.25) is 0 Å². The first-order chi connectivity index (χ1) is 8.32. The van der Waals surface area contributed by atoms with Crippen LogP contribution in [0.25, 0.3) is 0 Å². The predicted octanol–water partition coefficient (Wildman–Crippen LogP) is 3.05. The number of aryl methyl sites for hydroxylation is 2. The Balaban J connectivity index is 0. The third-order valence-electron chi connectivity index (χ3n) is 3.10. The van der Waals surface area contributed by atoms with E-state index in [4.69, 9.17) is 5.73 Å². The molecule has 0 aliphatic carbocycles. The van der Waals surface area contributed by atoms with E-state index in [9.17, 15) is 4.79 Å². The largest absolute Gasteiger partial charge is 0.341 e. The molecule has 0 aliphatic rings. The van der Waals surface area contributed by atoms with E-state index in [0.717, 1.165) is 22.0 Å². The normalized spacial score (nSPS) is 11.6. The summed E-state index contributed by atoms with van der Waals surface area (Å²) in [6.45, 7) is 8.69. The van der Waals surface area contributed by atoms with E-state index >= 15 is 0 Å². The fraction of sp³-hybridized carbons (Fsp3) is 0.692. The zero-order valence-corrected chi connectivity index (χ0v) is 15.1. The minimum atomic E-state index is 0. The molecule has 2 N–H and O–H groups in total. The number of nitrogens with zero attached hydrogens (tertiary/aromatic N) is 2. The molecule has 0 aromatic carbocycles. The van der Waals surface area contributed by atoms with Gasteiger partial charge in [-0.1, -0.05) is 13.8 Å². The van der Waals surface area contributed by atoms with Crippen molar-refractivity contribution in [3.8, 4) is 0 Å². The van der Waals surface area contributed by atoms with Crippen LogP contribution >= 0.6 is 36.2 Å². The maximum Gasteiger partial charge on any atom is 0.265 e. The van der Waals surface area contributed by atoms with E-state index in [1.807, 2.05) is 20.9 Å². The van der Waals surface area contributed by atoms with Crippen molar-refractivity contribution in [1.82, 2.24) is 9.88 Å². The van der Waals surface area contributed by atoms with Crippen molar-refractivity contribution in [2.24, 2.45) is 11.7 Å². The van der Waals surface area contributed by atoms with Gasteiger partial charge >= 0.3 is 0 Å². The lowest BCUT2D eigenvalue weighted by atomic mass is 10.0. The molecule has 1 unspecified atom stereocenters. The van der Waals surface area contributed by atoms with Gasteiger partial charge in [-0.15, -0.1) is 36.2 Å². The number of halogens is 2. The highest BCUT2D eigenvalue weighted by atomic mass is 35.5. The fourth-order valence-electron chi connectivity index (χ4n) is 1.68. The molecule has 0 spiro atoms. The summed E-state index contributed by atoms with van der Waals surface area (Å²) in [6, 6.07) is 0.143. The van der Waals surface area contributed by atoms with Crippen molar-refractivity contribution < 1.29 is 4.79 Å². The van der Waals surface area contributed by atoms with Crippen LogP contribution in [0.1, 0.15) is 40.6 Å². The standard InChI is InChI=1S/C13H23N3OS.2ClH/c1-8(2)11(14)6-7-16(5)13(17)12-9(3)15-10(4)18-12;;/h8,11H,6-7,14H2,1-5H3;2*1H. The molecular formula is C13H25Cl2N3OS. The van der Waals surface area contributed by atoms with Crippen LogP contribution in [0.2, 0.25) is 0 Å². The number of hydrogen-bond acceptors (Lipinski definition) is 4. The SMILES string of the molecule is Cc1nc(C)c(C(=O)N(C)CCC(N)C(C)C)s1.Cl.Cl. The summed E-state index contributed by atoms with van der Waals surface area (Å²) in [6.07, 6.45) is 0.830. The van der Waals surface area contributed by atoms with Crippen LogP contribution in [0.15, 0.2) is 0 Å². The Morgan fingerprint density at radius 3 is 2.30 bits per heavy atom. The van der Waals surface area contributed by atoms with Crippen molar-refractivity contribution in [2.75, 3.05) is 13.6 Å². The topological polar surface area (TPSA) is 59.2 Å². The number of nitrogens with two attached hydrogens (primary N) is 1. The number of rotatable bonds is 5. The zero-order chi connectivity index (χ0) is 13.9. The minimum Gasteiger partial charge on any atom is -0.341 e. The quantitative estimate of drug-likeness (QED) is 0.895. The molecule has 0 saturated heterocycles. The third-order valence-corrected chi connectivity index (χ3v) is 4.16. The van der Waals surface area contributed by atoms with Gasteiger partial charge in [-0.3, -0.25) is 4.79 Å². The molecule has 1 amide bonds. The Bertz CT molecular complexity index is 424. The summed E-state index contributed by atoms with van der Waals surface area (Å²) in [7, 11) is 1.82. The average Bonchev–Trinajstić information content (AvgIpc) is 2.63. The first-order valence-corrected chi connectivity index (χ1v) is 7.09. The first kappa shape index (κ1) is 21.9. The molecule has 1 heterocycles. The molecule has 118 valence electrons. The van der Waals surface area contributed by atoms with Gasteiger partial charge in [0, 0.05) is 19.6 Å². The van der Waals surface area contributed by atoms with E-state index in [0.29, 0.717) is 12.5 Å². The van der Waals surface area contributed by atoms with Crippen molar-refractivity contribution in [2.45, 2.75) is 40.2 Å².